The molecule has 0 aromatic rings. The summed E-state index contributed by atoms with van der Waals surface area (Å²) in [5.74, 6) is 0.421. The standard InChI is InChI=1S/C10H23NO3S/c1-9(2)8-14-11-15(12,13)7-6-10(3,4)5/h9,11H,6-8H2,1-5H3. The van der Waals surface area contributed by atoms with Crippen molar-refractivity contribution in [3.05, 3.63) is 0 Å². The summed E-state index contributed by atoms with van der Waals surface area (Å²) in [4.78, 5) is 7.02. The van der Waals surface area contributed by atoms with Crippen LogP contribution in [0.1, 0.15) is 41.0 Å². The zero-order valence-corrected chi connectivity index (χ0v) is 11.1. The van der Waals surface area contributed by atoms with Crippen LogP contribution in [0, 0.1) is 11.3 Å². The molecular weight excluding hydrogens is 214 g/mol. The summed E-state index contributed by atoms with van der Waals surface area (Å²) in [6.07, 6.45) is 0.618. The lowest BCUT2D eigenvalue weighted by molar-refractivity contribution is 0.0717. The van der Waals surface area contributed by atoms with Crippen LogP contribution in [0.15, 0.2) is 0 Å². The van der Waals surface area contributed by atoms with Crippen LogP contribution in [-0.4, -0.2) is 20.8 Å². The van der Waals surface area contributed by atoms with Gasteiger partial charge in [0.2, 0.25) is 10.0 Å². The Morgan fingerprint density at radius 2 is 1.80 bits per heavy atom. The molecule has 0 radical (unpaired) electrons. The van der Waals surface area contributed by atoms with Crippen molar-refractivity contribution in [1.82, 2.24) is 4.89 Å². The SMILES string of the molecule is CC(C)CONS(=O)(=O)CCC(C)(C)C. The molecule has 0 aliphatic heterocycles. The van der Waals surface area contributed by atoms with Crippen LogP contribution in [0.25, 0.3) is 0 Å². The van der Waals surface area contributed by atoms with Crippen LogP contribution < -0.4 is 4.89 Å². The molecule has 0 rings (SSSR count). The lowest BCUT2D eigenvalue weighted by Gasteiger charge is -2.17. The lowest BCUT2D eigenvalue weighted by atomic mass is 9.94. The highest BCUT2D eigenvalue weighted by atomic mass is 32.2. The van der Waals surface area contributed by atoms with Crippen LogP contribution in [0.3, 0.4) is 0 Å². The van der Waals surface area contributed by atoms with Crippen molar-refractivity contribution in [3.8, 4) is 0 Å². The van der Waals surface area contributed by atoms with Gasteiger partial charge in [-0.25, -0.2) is 8.42 Å². The average molecular weight is 237 g/mol. The van der Waals surface area contributed by atoms with Crippen molar-refractivity contribution in [1.29, 1.82) is 0 Å². The molecule has 0 heterocycles. The Kier molecular flexibility index (Phi) is 5.77. The Morgan fingerprint density at radius 1 is 1.27 bits per heavy atom. The van der Waals surface area contributed by atoms with E-state index in [1.807, 2.05) is 34.6 Å². The molecule has 0 fully saturated rings. The third-order valence-corrected chi connectivity index (χ3v) is 2.84. The van der Waals surface area contributed by atoms with Crippen molar-refractivity contribution < 1.29 is 13.3 Å². The third kappa shape index (κ3) is 10.2. The largest absolute Gasteiger partial charge is 0.287 e. The quantitative estimate of drug-likeness (QED) is 0.718. The molecule has 0 unspecified atom stereocenters. The number of hydrogen-bond acceptors (Lipinski definition) is 3. The van der Waals surface area contributed by atoms with Gasteiger partial charge < -0.3 is 0 Å². The van der Waals surface area contributed by atoms with Crippen LogP contribution >= 0.6 is 0 Å². The van der Waals surface area contributed by atoms with Gasteiger partial charge in [0.25, 0.3) is 0 Å². The second-order valence-electron chi connectivity index (χ2n) is 5.42. The van der Waals surface area contributed by atoms with Crippen LogP contribution in [0.5, 0.6) is 0 Å². The average Bonchev–Trinajstić information content (AvgIpc) is 1.99. The Balaban J connectivity index is 3.89. The van der Waals surface area contributed by atoms with E-state index in [-0.39, 0.29) is 11.2 Å². The molecule has 0 bridgehead atoms. The first kappa shape index (κ1) is 14.9. The fourth-order valence-corrected chi connectivity index (χ4v) is 1.98. The van der Waals surface area contributed by atoms with Gasteiger partial charge in [-0.3, -0.25) is 4.84 Å². The van der Waals surface area contributed by atoms with E-state index in [4.69, 9.17) is 4.84 Å². The summed E-state index contributed by atoms with van der Waals surface area (Å²) in [5.41, 5.74) is 0.0206. The van der Waals surface area contributed by atoms with Gasteiger partial charge in [0.05, 0.1) is 12.4 Å². The van der Waals surface area contributed by atoms with Crippen molar-refractivity contribution in [2.75, 3.05) is 12.4 Å². The molecule has 0 aliphatic rings. The van der Waals surface area contributed by atoms with Crippen LogP contribution in [-0.2, 0) is 14.9 Å². The zero-order valence-electron chi connectivity index (χ0n) is 10.3. The molecule has 0 amide bonds. The molecule has 0 saturated heterocycles. The summed E-state index contributed by atoms with van der Waals surface area (Å²) < 4.78 is 22.8. The fraction of sp³-hybridized carbons (Fsp3) is 1.00. The second kappa shape index (κ2) is 5.82. The van der Waals surface area contributed by atoms with Gasteiger partial charge in [-0.05, 0) is 17.8 Å². The fourth-order valence-electron chi connectivity index (χ4n) is 0.773. The van der Waals surface area contributed by atoms with Crippen LogP contribution in [0.4, 0.5) is 0 Å². The van der Waals surface area contributed by atoms with Crippen molar-refractivity contribution >= 4 is 10.0 Å². The first-order valence-electron chi connectivity index (χ1n) is 5.24. The number of sulfonamides is 1. The normalized spacial score (nSPS) is 13.5. The Labute approximate surface area is 93.4 Å². The first-order chi connectivity index (χ1) is 6.62. The molecule has 0 aliphatic carbocycles. The van der Waals surface area contributed by atoms with Crippen molar-refractivity contribution in [2.45, 2.75) is 41.0 Å². The number of rotatable bonds is 6. The van der Waals surface area contributed by atoms with Crippen LogP contribution in [0.2, 0.25) is 0 Å². The summed E-state index contributed by atoms with van der Waals surface area (Å²) in [5, 5.41) is 0. The second-order valence-corrected chi connectivity index (χ2v) is 7.22. The minimum Gasteiger partial charge on any atom is -0.287 e. The smallest absolute Gasteiger partial charge is 0.233 e. The maximum atomic E-state index is 11.4. The van der Waals surface area contributed by atoms with E-state index >= 15 is 0 Å². The third-order valence-electron chi connectivity index (χ3n) is 1.72. The van der Waals surface area contributed by atoms with E-state index in [1.165, 1.54) is 0 Å². The predicted molar refractivity (Wildman–Crippen MR) is 61.8 cm³/mol. The lowest BCUT2D eigenvalue weighted by Crippen LogP contribution is -2.29. The Morgan fingerprint density at radius 3 is 2.20 bits per heavy atom. The highest BCUT2D eigenvalue weighted by Crippen LogP contribution is 2.18. The molecule has 0 spiro atoms. The molecule has 0 atom stereocenters. The summed E-state index contributed by atoms with van der Waals surface area (Å²) in [6.45, 7) is 10.4. The monoisotopic (exact) mass is 237 g/mol. The van der Waals surface area contributed by atoms with E-state index in [0.29, 0.717) is 18.9 Å². The Hall–Kier alpha value is -0.130. The Bertz CT molecular complexity index is 265. The molecular formula is C10H23NO3S. The van der Waals surface area contributed by atoms with Gasteiger partial charge in [0.15, 0.2) is 0 Å². The summed E-state index contributed by atoms with van der Waals surface area (Å²) >= 11 is 0. The molecule has 0 aromatic heterocycles. The highest BCUT2D eigenvalue weighted by Gasteiger charge is 2.17. The molecule has 1 N–H and O–H groups in total. The molecule has 4 nitrogen and oxygen atoms in total. The summed E-state index contributed by atoms with van der Waals surface area (Å²) in [7, 11) is -3.28. The molecule has 0 aromatic carbocycles. The number of hydrogen-bond donors (Lipinski definition) is 1. The maximum Gasteiger partial charge on any atom is 0.233 e. The zero-order chi connectivity index (χ0) is 12.1. The molecule has 5 heteroatoms. The van der Waals surface area contributed by atoms with E-state index in [0.717, 1.165) is 0 Å². The van der Waals surface area contributed by atoms with Crippen molar-refractivity contribution in [2.24, 2.45) is 11.3 Å². The van der Waals surface area contributed by atoms with E-state index in [9.17, 15) is 8.42 Å². The predicted octanol–water partition coefficient (Wildman–Crippen LogP) is 1.93. The van der Waals surface area contributed by atoms with Gasteiger partial charge >= 0.3 is 0 Å². The molecule has 15 heavy (non-hydrogen) atoms. The van der Waals surface area contributed by atoms with Gasteiger partial charge in [-0.15, -0.1) is 0 Å². The molecule has 92 valence electrons. The van der Waals surface area contributed by atoms with Crippen molar-refractivity contribution in [3.63, 3.8) is 0 Å². The minimum atomic E-state index is -3.28. The van der Waals surface area contributed by atoms with E-state index < -0.39 is 10.0 Å². The van der Waals surface area contributed by atoms with E-state index in [1.54, 1.807) is 0 Å². The van der Waals surface area contributed by atoms with Gasteiger partial charge in [0.1, 0.15) is 0 Å². The highest BCUT2D eigenvalue weighted by molar-refractivity contribution is 7.89. The minimum absolute atomic E-state index is 0.0206. The van der Waals surface area contributed by atoms with Gasteiger partial charge in [-0.2, -0.15) is 0 Å². The maximum absolute atomic E-state index is 11.4. The first-order valence-corrected chi connectivity index (χ1v) is 6.89. The van der Waals surface area contributed by atoms with Gasteiger partial charge in [0, 0.05) is 0 Å². The van der Waals surface area contributed by atoms with E-state index in [2.05, 4.69) is 4.89 Å². The number of nitrogens with one attached hydrogen (secondary N) is 1. The van der Waals surface area contributed by atoms with Gasteiger partial charge in [-0.1, -0.05) is 39.5 Å². The molecule has 0 saturated carbocycles. The summed E-state index contributed by atoms with van der Waals surface area (Å²) in [6, 6.07) is 0. The topological polar surface area (TPSA) is 55.4 Å².